The molecule has 0 saturated heterocycles. The Kier molecular flexibility index (Phi) is 3.60. The molecule has 3 heteroatoms. The first-order valence-electron chi connectivity index (χ1n) is 5.28. The van der Waals surface area contributed by atoms with Gasteiger partial charge in [-0.3, -0.25) is 0 Å². The highest BCUT2D eigenvalue weighted by molar-refractivity contribution is 9.10. The van der Waals surface area contributed by atoms with Gasteiger partial charge in [0.1, 0.15) is 11.9 Å². The maximum Gasteiger partial charge on any atom is 0.130 e. The molecule has 2 rings (SSSR count). The highest BCUT2D eigenvalue weighted by atomic mass is 79.9. The smallest absolute Gasteiger partial charge is 0.130 e. The third-order valence-corrected chi connectivity index (χ3v) is 3.23. The highest BCUT2D eigenvalue weighted by Crippen LogP contribution is 2.28. The van der Waals surface area contributed by atoms with Crippen molar-refractivity contribution < 1.29 is 9.50 Å². The molecule has 0 aliphatic carbocycles. The monoisotopic (exact) mass is 294 g/mol. The van der Waals surface area contributed by atoms with Crippen molar-refractivity contribution in [2.45, 2.75) is 13.0 Å². The number of aliphatic hydroxyl groups is 1. The molecule has 0 fully saturated rings. The van der Waals surface area contributed by atoms with Gasteiger partial charge in [-0.15, -0.1) is 0 Å². The van der Waals surface area contributed by atoms with Crippen LogP contribution in [0.15, 0.2) is 46.9 Å². The van der Waals surface area contributed by atoms with E-state index in [0.717, 1.165) is 11.1 Å². The van der Waals surface area contributed by atoms with Crippen LogP contribution in [0, 0.1) is 12.7 Å². The molecule has 0 bridgehead atoms. The molecular formula is C14H12BrFO. The number of hydrogen-bond donors (Lipinski definition) is 1. The van der Waals surface area contributed by atoms with Gasteiger partial charge < -0.3 is 5.11 Å². The Morgan fingerprint density at radius 1 is 1.12 bits per heavy atom. The van der Waals surface area contributed by atoms with Crippen LogP contribution in [0.2, 0.25) is 0 Å². The van der Waals surface area contributed by atoms with E-state index in [1.165, 1.54) is 6.07 Å². The van der Waals surface area contributed by atoms with E-state index in [1.807, 2.05) is 31.2 Å². The normalized spacial score (nSPS) is 12.5. The molecule has 2 aromatic rings. The maximum atomic E-state index is 13.7. The van der Waals surface area contributed by atoms with Gasteiger partial charge in [0.15, 0.2) is 0 Å². The Labute approximate surface area is 108 Å². The number of rotatable bonds is 2. The first-order valence-corrected chi connectivity index (χ1v) is 6.07. The minimum Gasteiger partial charge on any atom is -0.384 e. The quantitative estimate of drug-likeness (QED) is 0.888. The van der Waals surface area contributed by atoms with Crippen molar-refractivity contribution in [1.82, 2.24) is 0 Å². The second-order valence-electron chi connectivity index (χ2n) is 3.92. The molecule has 0 spiro atoms. The lowest BCUT2D eigenvalue weighted by atomic mass is 9.97. The topological polar surface area (TPSA) is 20.2 Å². The summed E-state index contributed by atoms with van der Waals surface area (Å²) in [4.78, 5) is 0. The minimum absolute atomic E-state index is 0.294. The second kappa shape index (κ2) is 4.98. The van der Waals surface area contributed by atoms with Gasteiger partial charge in [-0.05, 0) is 30.2 Å². The lowest BCUT2D eigenvalue weighted by Gasteiger charge is -2.14. The summed E-state index contributed by atoms with van der Waals surface area (Å²) in [6.45, 7) is 1.90. The fourth-order valence-corrected chi connectivity index (χ4v) is 2.12. The summed E-state index contributed by atoms with van der Waals surface area (Å²) in [6.07, 6.45) is -0.927. The average Bonchev–Trinajstić information content (AvgIpc) is 2.29. The van der Waals surface area contributed by atoms with Gasteiger partial charge >= 0.3 is 0 Å². The number of hydrogen-bond acceptors (Lipinski definition) is 1. The third kappa shape index (κ3) is 2.56. The molecule has 1 nitrogen and oxygen atoms in total. The van der Waals surface area contributed by atoms with E-state index >= 15 is 0 Å². The van der Waals surface area contributed by atoms with Crippen LogP contribution in [0.25, 0.3) is 0 Å². The first kappa shape index (κ1) is 12.3. The largest absolute Gasteiger partial charge is 0.384 e. The zero-order valence-electron chi connectivity index (χ0n) is 9.32. The first-order chi connectivity index (χ1) is 8.09. The highest BCUT2D eigenvalue weighted by Gasteiger charge is 2.16. The Morgan fingerprint density at radius 2 is 1.82 bits per heavy atom. The second-order valence-corrected chi connectivity index (χ2v) is 4.84. The average molecular weight is 295 g/mol. The van der Waals surface area contributed by atoms with E-state index in [-0.39, 0.29) is 0 Å². The van der Waals surface area contributed by atoms with Gasteiger partial charge in [-0.2, -0.15) is 0 Å². The summed E-state index contributed by atoms with van der Waals surface area (Å²) >= 11 is 3.19. The third-order valence-electron chi connectivity index (χ3n) is 2.74. The molecule has 0 aliphatic heterocycles. The van der Waals surface area contributed by atoms with Crippen LogP contribution in [0.5, 0.6) is 0 Å². The molecular weight excluding hydrogens is 283 g/mol. The molecule has 0 aliphatic rings. The minimum atomic E-state index is -0.927. The van der Waals surface area contributed by atoms with Gasteiger partial charge in [0, 0.05) is 10.0 Å². The zero-order valence-corrected chi connectivity index (χ0v) is 10.9. The molecule has 1 unspecified atom stereocenters. The van der Waals surface area contributed by atoms with Crippen molar-refractivity contribution in [1.29, 1.82) is 0 Å². The SMILES string of the molecule is Cc1ccccc1C(O)c1ccc(Br)cc1F. The summed E-state index contributed by atoms with van der Waals surface area (Å²) < 4.78 is 14.4. The van der Waals surface area contributed by atoms with Crippen molar-refractivity contribution >= 4 is 15.9 Å². The van der Waals surface area contributed by atoms with Crippen molar-refractivity contribution in [3.8, 4) is 0 Å². The van der Waals surface area contributed by atoms with Crippen molar-refractivity contribution in [2.24, 2.45) is 0 Å². The molecule has 0 saturated carbocycles. The van der Waals surface area contributed by atoms with E-state index < -0.39 is 11.9 Å². The van der Waals surface area contributed by atoms with Gasteiger partial charge in [-0.25, -0.2) is 4.39 Å². The van der Waals surface area contributed by atoms with E-state index in [2.05, 4.69) is 15.9 Å². The Bertz CT molecular complexity index is 539. The van der Waals surface area contributed by atoms with Crippen molar-refractivity contribution in [2.75, 3.05) is 0 Å². The van der Waals surface area contributed by atoms with Crippen LogP contribution in [-0.4, -0.2) is 5.11 Å². The van der Waals surface area contributed by atoms with Crippen LogP contribution in [0.1, 0.15) is 22.8 Å². The molecule has 17 heavy (non-hydrogen) atoms. The molecule has 1 N–H and O–H groups in total. The fraction of sp³-hybridized carbons (Fsp3) is 0.143. The standard InChI is InChI=1S/C14H12BrFO/c1-9-4-2-3-5-11(9)14(17)12-7-6-10(15)8-13(12)16/h2-8,14,17H,1H3. The molecule has 0 heterocycles. The molecule has 1 atom stereocenters. The summed E-state index contributed by atoms with van der Waals surface area (Å²) in [5.41, 5.74) is 1.97. The molecule has 2 aromatic carbocycles. The molecule has 0 radical (unpaired) electrons. The summed E-state index contributed by atoms with van der Waals surface area (Å²) in [7, 11) is 0. The fourth-order valence-electron chi connectivity index (χ4n) is 1.78. The lowest BCUT2D eigenvalue weighted by molar-refractivity contribution is 0.214. The van der Waals surface area contributed by atoms with Gasteiger partial charge in [0.2, 0.25) is 0 Å². The molecule has 88 valence electrons. The number of aliphatic hydroxyl groups excluding tert-OH is 1. The lowest BCUT2D eigenvalue weighted by Crippen LogP contribution is -2.04. The van der Waals surface area contributed by atoms with Gasteiger partial charge in [-0.1, -0.05) is 46.3 Å². The molecule has 0 aromatic heterocycles. The summed E-state index contributed by atoms with van der Waals surface area (Å²) in [6, 6.07) is 12.1. The molecule has 0 amide bonds. The zero-order chi connectivity index (χ0) is 12.4. The van der Waals surface area contributed by atoms with Crippen molar-refractivity contribution in [3.05, 3.63) is 69.4 Å². The Balaban J connectivity index is 2.44. The van der Waals surface area contributed by atoms with E-state index in [1.54, 1.807) is 12.1 Å². The van der Waals surface area contributed by atoms with Crippen molar-refractivity contribution in [3.63, 3.8) is 0 Å². The van der Waals surface area contributed by atoms with Gasteiger partial charge in [0.25, 0.3) is 0 Å². The summed E-state index contributed by atoms with van der Waals surface area (Å²) in [5, 5.41) is 10.2. The van der Waals surface area contributed by atoms with Crippen LogP contribution in [0.3, 0.4) is 0 Å². The van der Waals surface area contributed by atoms with E-state index in [0.29, 0.717) is 10.0 Å². The van der Waals surface area contributed by atoms with Crippen LogP contribution in [0.4, 0.5) is 4.39 Å². The number of aryl methyl sites for hydroxylation is 1. The Hall–Kier alpha value is -1.19. The predicted molar refractivity (Wildman–Crippen MR) is 69.3 cm³/mol. The van der Waals surface area contributed by atoms with E-state index in [9.17, 15) is 9.50 Å². The number of halogens is 2. The van der Waals surface area contributed by atoms with E-state index in [4.69, 9.17) is 0 Å². The maximum absolute atomic E-state index is 13.7. The van der Waals surface area contributed by atoms with Crippen LogP contribution in [-0.2, 0) is 0 Å². The summed E-state index contributed by atoms with van der Waals surface area (Å²) in [5.74, 6) is -0.407. The number of benzene rings is 2. The van der Waals surface area contributed by atoms with Crippen LogP contribution < -0.4 is 0 Å². The van der Waals surface area contributed by atoms with Gasteiger partial charge in [0.05, 0.1) is 0 Å². The predicted octanol–water partition coefficient (Wildman–Crippen LogP) is 3.98. The van der Waals surface area contributed by atoms with Crippen LogP contribution >= 0.6 is 15.9 Å². The Morgan fingerprint density at radius 3 is 2.47 bits per heavy atom.